The van der Waals surface area contributed by atoms with Crippen LogP contribution >= 0.6 is 24.0 Å². The van der Waals surface area contributed by atoms with E-state index in [1.807, 2.05) is 30.3 Å². The molecule has 1 N–H and O–H groups in total. The van der Waals surface area contributed by atoms with E-state index in [1.54, 1.807) is 0 Å². The topological polar surface area (TPSA) is 46.1 Å². The molecule has 0 amide bonds. The first kappa shape index (κ1) is 21.7. The van der Waals surface area contributed by atoms with Gasteiger partial charge in [-0.25, -0.2) is 0 Å². The molecule has 1 saturated carbocycles. The molecule has 3 atom stereocenters. The van der Waals surface area contributed by atoms with E-state index in [2.05, 4.69) is 31.0 Å². The number of guanidine groups is 1. The molecule has 156 valence electrons. The SMILES string of the molecule is CCN=C(NC1C2CCOC2C1(C)C)N1CCC(Oc2ccccc2)CC1.I. The first-order valence-electron chi connectivity index (χ1n) is 10.5. The van der Waals surface area contributed by atoms with Crippen LogP contribution < -0.4 is 10.1 Å². The lowest BCUT2D eigenvalue weighted by molar-refractivity contribution is -0.107. The van der Waals surface area contributed by atoms with Crippen molar-refractivity contribution in [1.29, 1.82) is 0 Å². The minimum Gasteiger partial charge on any atom is -0.490 e. The quantitative estimate of drug-likeness (QED) is 0.388. The molecule has 4 rings (SSSR count). The number of nitrogens with one attached hydrogen (secondary N) is 1. The van der Waals surface area contributed by atoms with E-state index < -0.39 is 0 Å². The molecule has 6 heteroatoms. The summed E-state index contributed by atoms with van der Waals surface area (Å²) in [7, 11) is 0. The normalized spacial score (nSPS) is 29.5. The third-order valence-corrected chi connectivity index (χ3v) is 6.48. The van der Waals surface area contributed by atoms with Crippen LogP contribution in [0.4, 0.5) is 0 Å². The second kappa shape index (κ2) is 9.20. The van der Waals surface area contributed by atoms with Crippen LogP contribution in [0.15, 0.2) is 35.3 Å². The molecular formula is C22H34IN3O2. The molecule has 3 unspecified atom stereocenters. The Hall–Kier alpha value is -1.02. The molecule has 5 nitrogen and oxygen atoms in total. The van der Waals surface area contributed by atoms with E-state index in [-0.39, 0.29) is 29.4 Å². The molecule has 3 fully saturated rings. The highest BCUT2D eigenvalue weighted by molar-refractivity contribution is 14.0. The fraction of sp³-hybridized carbons (Fsp3) is 0.682. The number of ether oxygens (including phenoxy) is 2. The maximum atomic E-state index is 6.14. The molecule has 1 aliphatic carbocycles. The summed E-state index contributed by atoms with van der Waals surface area (Å²) in [4.78, 5) is 7.22. The smallest absolute Gasteiger partial charge is 0.194 e. The summed E-state index contributed by atoms with van der Waals surface area (Å²) in [6, 6.07) is 10.6. The largest absolute Gasteiger partial charge is 0.490 e. The Balaban J connectivity index is 0.00000225. The number of nitrogens with zero attached hydrogens (tertiary/aromatic N) is 2. The highest BCUT2D eigenvalue weighted by Gasteiger charge is 2.59. The average molecular weight is 499 g/mol. The standard InChI is InChI=1S/C22H33N3O2.HI/c1-4-23-21(24-19-18-12-15-26-20(18)22(19,2)3)25-13-10-17(11-14-25)27-16-8-6-5-7-9-16;/h5-9,17-20H,4,10-15H2,1-3H3,(H,23,24);1H. The van der Waals surface area contributed by atoms with E-state index in [4.69, 9.17) is 14.5 Å². The van der Waals surface area contributed by atoms with Gasteiger partial charge >= 0.3 is 0 Å². The number of hydrogen-bond donors (Lipinski definition) is 1. The highest BCUT2D eigenvalue weighted by Crippen LogP contribution is 2.52. The second-order valence-electron chi connectivity index (χ2n) is 8.60. The fourth-order valence-corrected chi connectivity index (χ4v) is 5.02. The number of hydrogen-bond acceptors (Lipinski definition) is 3. The maximum Gasteiger partial charge on any atom is 0.194 e. The first-order chi connectivity index (χ1) is 13.1. The van der Waals surface area contributed by atoms with Crippen molar-refractivity contribution in [2.75, 3.05) is 26.2 Å². The molecule has 2 heterocycles. The Bertz CT molecular complexity index is 659. The Kier molecular flexibility index (Phi) is 7.12. The fourth-order valence-electron chi connectivity index (χ4n) is 5.02. The summed E-state index contributed by atoms with van der Waals surface area (Å²) in [5.41, 5.74) is 0.171. The lowest BCUT2D eigenvalue weighted by atomic mass is 9.57. The molecular weight excluding hydrogens is 465 g/mol. The van der Waals surface area contributed by atoms with Gasteiger partial charge in [0, 0.05) is 56.5 Å². The second-order valence-corrected chi connectivity index (χ2v) is 8.60. The maximum absolute atomic E-state index is 6.14. The first-order valence-corrected chi connectivity index (χ1v) is 10.5. The van der Waals surface area contributed by atoms with Crippen LogP contribution in [0.5, 0.6) is 5.75 Å². The summed E-state index contributed by atoms with van der Waals surface area (Å²) in [5.74, 6) is 2.67. The van der Waals surface area contributed by atoms with Gasteiger partial charge in [-0.15, -0.1) is 24.0 Å². The van der Waals surface area contributed by atoms with Crippen LogP contribution in [0.25, 0.3) is 0 Å². The van der Waals surface area contributed by atoms with Crippen molar-refractivity contribution in [3.8, 4) is 5.75 Å². The van der Waals surface area contributed by atoms with Crippen LogP contribution in [0.3, 0.4) is 0 Å². The van der Waals surface area contributed by atoms with Gasteiger partial charge in [0.15, 0.2) is 5.96 Å². The number of piperidine rings is 1. The number of para-hydroxylation sites is 1. The zero-order chi connectivity index (χ0) is 18.9. The predicted octanol–water partition coefficient (Wildman–Crippen LogP) is 3.93. The number of likely N-dealkylation sites (tertiary alicyclic amines) is 1. The van der Waals surface area contributed by atoms with Gasteiger partial charge in [0.05, 0.1) is 6.10 Å². The molecule has 1 aromatic rings. The van der Waals surface area contributed by atoms with Crippen LogP contribution in [0, 0.1) is 11.3 Å². The van der Waals surface area contributed by atoms with Crippen molar-refractivity contribution in [3.05, 3.63) is 30.3 Å². The van der Waals surface area contributed by atoms with E-state index in [1.165, 1.54) is 0 Å². The number of fused-ring (bicyclic) bond motifs is 1. The van der Waals surface area contributed by atoms with Gasteiger partial charge in [-0.3, -0.25) is 4.99 Å². The van der Waals surface area contributed by atoms with Crippen molar-refractivity contribution in [1.82, 2.24) is 10.2 Å². The molecule has 2 saturated heterocycles. The molecule has 0 radical (unpaired) electrons. The Morgan fingerprint density at radius 2 is 1.93 bits per heavy atom. The summed E-state index contributed by atoms with van der Waals surface area (Å²) in [6.45, 7) is 10.4. The predicted molar refractivity (Wildman–Crippen MR) is 124 cm³/mol. The zero-order valence-corrected chi connectivity index (χ0v) is 19.6. The molecule has 3 aliphatic rings. The van der Waals surface area contributed by atoms with Crippen molar-refractivity contribution >= 4 is 29.9 Å². The van der Waals surface area contributed by atoms with Crippen LogP contribution in [0.1, 0.15) is 40.0 Å². The van der Waals surface area contributed by atoms with E-state index in [9.17, 15) is 0 Å². The number of aliphatic imine (C=N–C) groups is 1. The van der Waals surface area contributed by atoms with Gasteiger partial charge in [-0.2, -0.15) is 0 Å². The third-order valence-electron chi connectivity index (χ3n) is 6.48. The minimum atomic E-state index is 0. The Morgan fingerprint density at radius 3 is 2.61 bits per heavy atom. The summed E-state index contributed by atoms with van der Waals surface area (Å²) >= 11 is 0. The lowest BCUT2D eigenvalue weighted by Crippen LogP contribution is -2.68. The molecule has 0 bridgehead atoms. The average Bonchev–Trinajstić information content (AvgIpc) is 3.14. The highest BCUT2D eigenvalue weighted by atomic mass is 127. The van der Waals surface area contributed by atoms with Gasteiger partial charge in [-0.05, 0) is 25.5 Å². The van der Waals surface area contributed by atoms with Gasteiger partial charge in [0.25, 0.3) is 0 Å². The summed E-state index contributed by atoms with van der Waals surface area (Å²) in [5, 5.41) is 3.81. The number of benzene rings is 1. The van der Waals surface area contributed by atoms with Crippen molar-refractivity contribution < 1.29 is 9.47 Å². The molecule has 2 aliphatic heterocycles. The van der Waals surface area contributed by atoms with E-state index in [0.717, 1.165) is 57.2 Å². The Labute approximate surface area is 186 Å². The van der Waals surface area contributed by atoms with Crippen LogP contribution in [0.2, 0.25) is 0 Å². The third kappa shape index (κ3) is 4.27. The van der Waals surface area contributed by atoms with Crippen molar-refractivity contribution in [2.24, 2.45) is 16.3 Å². The number of halogens is 1. The molecule has 0 aromatic heterocycles. The molecule has 0 spiro atoms. The zero-order valence-electron chi connectivity index (χ0n) is 17.3. The van der Waals surface area contributed by atoms with E-state index >= 15 is 0 Å². The minimum absolute atomic E-state index is 0. The summed E-state index contributed by atoms with van der Waals surface area (Å²) < 4.78 is 12.1. The van der Waals surface area contributed by atoms with Crippen molar-refractivity contribution in [2.45, 2.75) is 58.3 Å². The molecule has 1 aromatic carbocycles. The Morgan fingerprint density at radius 1 is 1.21 bits per heavy atom. The van der Waals surface area contributed by atoms with Crippen LogP contribution in [-0.4, -0.2) is 55.4 Å². The van der Waals surface area contributed by atoms with E-state index in [0.29, 0.717) is 24.2 Å². The van der Waals surface area contributed by atoms with Crippen LogP contribution in [-0.2, 0) is 4.74 Å². The van der Waals surface area contributed by atoms with Crippen molar-refractivity contribution in [3.63, 3.8) is 0 Å². The van der Waals surface area contributed by atoms with Gasteiger partial charge in [-0.1, -0.05) is 32.0 Å². The van der Waals surface area contributed by atoms with Gasteiger partial charge < -0.3 is 19.7 Å². The monoisotopic (exact) mass is 499 g/mol. The van der Waals surface area contributed by atoms with Gasteiger partial charge in [0.1, 0.15) is 11.9 Å². The number of rotatable bonds is 4. The summed E-state index contributed by atoms with van der Waals surface area (Å²) in [6.07, 6.45) is 3.92. The lowest BCUT2D eigenvalue weighted by Gasteiger charge is -2.55. The van der Waals surface area contributed by atoms with Gasteiger partial charge in [0.2, 0.25) is 0 Å². The molecule has 28 heavy (non-hydrogen) atoms.